The third-order valence-corrected chi connectivity index (χ3v) is 7.55. The fourth-order valence-electron chi connectivity index (χ4n) is 4.98. The number of rotatable bonds is 7. The van der Waals surface area contributed by atoms with Crippen LogP contribution in [0.5, 0.6) is 0 Å². The second kappa shape index (κ2) is 11.6. The van der Waals surface area contributed by atoms with Crippen molar-refractivity contribution in [1.82, 2.24) is 24.3 Å². The fraction of sp³-hybridized carbons (Fsp3) is 0.345. The lowest BCUT2D eigenvalue weighted by Gasteiger charge is -2.37. The first-order valence-electron chi connectivity index (χ1n) is 13.1. The SMILES string of the molecule is CC(C)N1CCN(Cc2ccc(NC(=O)Cc3ccc(-n4cnc5cccnc54)cc3Cl)cc2C(F)(F)F)CC1. The zero-order valence-corrected chi connectivity index (χ0v) is 23.0. The number of anilines is 1. The Hall–Kier alpha value is -3.47. The van der Waals surface area contributed by atoms with Gasteiger partial charge in [0.2, 0.25) is 5.91 Å². The number of carbonyl (C=O) groups is 1. The van der Waals surface area contributed by atoms with Crippen LogP contribution < -0.4 is 5.32 Å². The molecule has 210 valence electrons. The summed E-state index contributed by atoms with van der Waals surface area (Å²) in [6.07, 6.45) is -1.32. The number of carbonyl (C=O) groups excluding carboxylic acids is 1. The van der Waals surface area contributed by atoms with E-state index in [2.05, 4.69) is 34.0 Å². The standard InChI is InChI=1S/C29H30ClF3N6O/c1-19(2)38-12-10-37(11-13-38)17-21-5-7-22(15-24(21)29(31,32)33)36-27(40)14-20-6-8-23(16-25(20)30)39-18-35-26-4-3-9-34-28(26)39/h3-9,15-16,18-19H,10-14,17H2,1-2H3,(H,36,40). The van der Waals surface area contributed by atoms with Crippen LogP contribution >= 0.6 is 11.6 Å². The molecule has 0 bridgehead atoms. The van der Waals surface area contributed by atoms with E-state index in [0.29, 0.717) is 35.4 Å². The first-order chi connectivity index (χ1) is 19.1. The summed E-state index contributed by atoms with van der Waals surface area (Å²) < 4.78 is 43.7. The van der Waals surface area contributed by atoms with Crippen LogP contribution in [0.15, 0.2) is 61.1 Å². The fourth-order valence-corrected chi connectivity index (χ4v) is 5.22. The van der Waals surface area contributed by atoms with Crippen molar-refractivity contribution in [2.75, 3.05) is 31.5 Å². The summed E-state index contributed by atoms with van der Waals surface area (Å²) in [5, 5.41) is 2.96. The Balaban J connectivity index is 1.26. The molecule has 2 aromatic heterocycles. The van der Waals surface area contributed by atoms with Crippen LogP contribution in [0.3, 0.4) is 0 Å². The molecule has 4 aromatic rings. The molecule has 1 aliphatic rings. The molecule has 1 amide bonds. The highest BCUT2D eigenvalue weighted by Gasteiger charge is 2.34. The summed E-state index contributed by atoms with van der Waals surface area (Å²) in [4.78, 5) is 25.8. The van der Waals surface area contributed by atoms with Crippen LogP contribution in [-0.4, -0.2) is 62.5 Å². The molecule has 2 aromatic carbocycles. The molecule has 0 unspecified atom stereocenters. The topological polar surface area (TPSA) is 66.3 Å². The van der Waals surface area contributed by atoms with Crippen molar-refractivity contribution in [2.24, 2.45) is 0 Å². The Bertz CT molecular complexity index is 1510. The van der Waals surface area contributed by atoms with Gasteiger partial charge in [0.15, 0.2) is 5.65 Å². The van der Waals surface area contributed by atoms with E-state index in [0.717, 1.165) is 30.4 Å². The summed E-state index contributed by atoms with van der Waals surface area (Å²) in [6.45, 7) is 7.52. The van der Waals surface area contributed by atoms with E-state index >= 15 is 0 Å². The lowest BCUT2D eigenvalue weighted by atomic mass is 10.0. The molecule has 0 radical (unpaired) electrons. The van der Waals surface area contributed by atoms with Gasteiger partial charge in [0.1, 0.15) is 11.8 Å². The first-order valence-corrected chi connectivity index (χ1v) is 13.5. The van der Waals surface area contributed by atoms with E-state index < -0.39 is 17.6 Å². The van der Waals surface area contributed by atoms with Gasteiger partial charge in [-0.2, -0.15) is 13.2 Å². The normalized spacial score (nSPS) is 15.2. The van der Waals surface area contributed by atoms with Crippen molar-refractivity contribution < 1.29 is 18.0 Å². The van der Waals surface area contributed by atoms with Crippen LogP contribution in [0.1, 0.15) is 30.5 Å². The second-order valence-corrected chi connectivity index (χ2v) is 10.6. The highest BCUT2D eigenvalue weighted by Crippen LogP contribution is 2.35. The minimum atomic E-state index is -4.54. The van der Waals surface area contributed by atoms with Crippen molar-refractivity contribution in [3.8, 4) is 5.69 Å². The molecule has 0 atom stereocenters. The number of benzene rings is 2. The maximum Gasteiger partial charge on any atom is 0.416 e. The van der Waals surface area contributed by atoms with Crippen LogP contribution in [0.25, 0.3) is 16.9 Å². The number of hydrogen-bond donors (Lipinski definition) is 1. The first kappa shape index (κ1) is 28.1. The molecule has 11 heteroatoms. The van der Waals surface area contributed by atoms with Crippen LogP contribution in [0.2, 0.25) is 5.02 Å². The van der Waals surface area contributed by atoms with Crippen molar-refractivity contribution >= 4 is 34.4 Å². The minimum absolute atomic E-state index is 0.0920. The summed E-state index contributed by atoms with van der Waals surface area (Å²) in [5.74, 6) is -0.463. The molecule has 1 N–H and O–H groups in total. The summed E-state index contributed by atoms with van der Waals surface area (Å²) in [6, 6.07) is 13.3. The Morgan fingerprint density at radius 2 is 1.77 bits per heavy atom. The molecular weight excluding hydrogens is 541 g/mol. The quantitative estimate of drug-likeness (QED) is 0.304. The maximum absolute atomic E-state index is 14.0. The second-order valence-electron chi connectivity index (χ2n) is 10.2. The minimum Gasteiger partial charge on any atom is -0.326 e. The largest absolute Gasteiger partial charge is 0.416 e. The van der Waals surface area contributed by atoms with Gasteiger partial charge in [-0.05, 0) is 61.4 Å². The molecule has 0 saturated carbocycles. The van der Waals surface area contributed by atoms with E-state index in [1.165, 1.54) is 12.1 Å². The average molecular weight is 571 g/mol. The summed E-state index contributed by atoms with van der Waals surface area (Å²) >= 11 is 6.48. The van der Waals surface area contributed by atoms with Crippen LogP contribution in [-0.2, 0) is 23.9 Å². The van der Waals surface area contributed by atoms with Crippen molar-refractivity contribution in [2.45, 2.75) is 39.0 Å². The number of imidazole rings is 1. The van der Waals surface area contributed by atoms with E-state index in [1.807, 2.05) is 11.0 Å². The number of halogens is 4. The van der Waals surface area contributed by atoms with Gasteiger partial charge in [-0.25, -0.2) is 9.97 Å². The number of hydrogen-bond acceptors (Lipinski definition) is 5. The van der Waals surface area contributed by atoms with Crippen LogP contribution in [0, 0.1) is 0 Å². The zero-order chi connectivity index (χ0) is 28.4. The van der Waals surface area contributed by atoms with Gasteiger partial charge in [-0.3, -0.25) is 19.2 Å². The number of nitrogens with one attached hydrogen (secondary N) is 1. The Kier molecular flexibility index (Phi) is 8.11. The Morgan fingerprint density at radius 1 is 1.02 bits per heavy atom. The Labute approximate surface area is 235 Å². The van der Waals surface area contributed by atoms with Crippen molar-refractivity contribution in [3.05, 3.63) is 82.8 Å². The molecule has 0 spiro atoms. The summed E-state index contributed by atoms with van der Waals surface area (Å²) in [7, 11) is 0. The van der Waals surface area contributed by atoms with E-state index in [9.17, 15) is 18.0 Å². The van der Waals surface area contributed by atoms with Crippen molar-refractivity contribution in [1.29, 1.82) is 0 Å². The number of fused-ring (bicyclic) bond motifs is 1. The van der Waals surface area contributed by atoms with E-state index in [1.54, 1.807) is 41.4 Å². The number of piperazine rings is 1. The Morgan fingerprint density at radius 3 is 2.48 bits per heavy atom. The molecule has 5 rings (SSSR count). The van der Waals surface area contributed by atoms with Gasteiger partial charge in [0.05, 0.1) is 17.7 Å². The predicted octanol–water partition coefficient (Wildman–Crippen LogP) is 5.80. The van der Waals surface area contributed by atoms with E-state index in [4.69, 9.17) is 11.6 Å². The van der Waals surface area contributed by atoms with Crippen molar-refractivity contribution in [3.63, 3.8) is 0 Å². The van der Waals surface area contributed by atoms with E-state index in [-0.39, 0.29) is 24.2 Å². The molecule has 7 nitrogen and oxygen atoms in total. The highest BCUT2D eigenvalue weighted by molar-refractivity contribution is 6.31. The van der Waals surface area contributed by atoms with Gasteiger partial charge in [0.25, 0.3) is 0 Å². The highest BCUT2D eigenvalue weighted by atomic mass is 35.5. The number of nitrogens with zero attached hydrogens (tertiary/aromatic N) is 5. The lowest BCUT2D eigenvalue weighted by Crippen LogP contribution is -2.48. The molecule has 1 saturated heterocycles. The molecule has 40 heavy (non-hydrogen) atoms. The van der Waals surface area contributed by atoms with Gasteiger partial charge < -0.3 is 5.32 Å². The van der Waals surface area contributed by atoms with Gasteiger partial charge in [-0.1, -0.05) is 23.7 Å². The molecule has 0 aliphatic carbocycles. The third-order valence-electron chi connectivity index (χ3n) is 7.20. The van der Waals surface area contributed by atoms with Gasteiger partial charge in [-0.15, -0.1) is 0 Å². The molecule has 1 aliphatic heterocycles. The molecule has 1 fully saturated rings. The number of amides is 1. The monoisotopic (exact) mass is 570 g/mol. The number of pyridine rings is 1. The number of alkyl halides is 3. The molecule has 3 heterocycles. The predicted molar refractivity (Wildman–Crippen MR) is 150 cm³/mol. The van der Waals surface area contributed by atoms with Gasteiger partial charge in [0, 0.05) is 55.7 Å². The zero-order valence-electron chi connectivity index (χ0n) is 22.2. The summed E-state index contributed by atoms with van der Waals surface area (Å²) in [5.41, 5.74) is 2.24. The maximum atomic E-state index is 14.0. The van der Waals surface area contributed by atoms with Gasteiger partial charge >= 0.3 is 6.18 Å². The number of aromatic nitrogens is 3. The molecular formula is C29H30ClF3N6O. The average Bonchev–Trinajstić information content (AvgIpc) is 3.35. The smallest absolute Gasteiger partial charge is 0.326 e. The third kappa shape index (κ3) is 6.29. The van der Waals surface area contributed by atoms with Crippen LogP contribution in [0.4, 0.5) is 18.9 Å². The lowest BCUT2D eigenvalue weighted by molar-refractivity contribution is -0.138.